The number of anilines is 1. The van der Waals surface area contributed by atoms with E-state index in [4.69, 9.17) is 21.3 Å². The van der Waals surface area contributed by atoms with E-state index < -0.39 is 0 Å². The van der Waals surface area contributed by atoms with Gasteiger partial charge in [-0.2, -0.15) is 14.8 Å². The summed E-state index contributed by atoms with van der Waals surface area (Å²) in [5.74, 6) is 1.23. The predicted octanol–water partition coefficient (Wildman–Crippen LogP) is 4.15. The van der Waals surface area contributed by atoms with Crippen LogP contribution >= 0.6 is 11.6 Å². The van der Waals surface area contributed by atoms with Crippen LogP contribution in [0.3, 0.4) is 0 Å². The fraction of sp³-hybridized carbons (Fsp3) is 0.522. The highest BCUT2D eigenvalue weighted by atomic mass is 35.5. The number of hydrogen-bond acceptors (Lipinski definition) is 7. The molecule has 0 unspecified atom stereocenters. The summed E-state index contributed by atoms with van der Waals surface area (Å²) in [5, 5.41) is 9.94. The van der Waals surface area contributed by atoms with E-state index >= 15 is 0 Å². The predicted molar refractivity (Wildman–Crippen MR) is 124 cm³/mol. The van der Waals surface area contributed by atoms with Gasteiger partial charge in [0, 0.05) is 24.5 Å². The Balaban J connectivity index is 1.68. The van der Waals surface area contributed by atoms with Gasteiger partial charge in [0.25, 0.3) is 0 Å². The first-order valence-electron chi connectivity index (χ1n) is 10.9. The third-order valence-electron chi connectivity index (χ3n) is 5.32. The van der Waals surface area contributed by atoms with Crippen molar-refractivity contribution in [1.82, 2.24) is 25.0 Å². The molecule has 1 fully saturated rings. The van der Waals surface area contributed by atoms with Crippen LogP contribution in [-0.4, -0.2) is 50.4 Å². The molecule has 1 aliphatic heterocycles. The summed E-state index contributed by atoms with van der Waals surface area (Å²) in [5.41, 5.74) is 2.01. The van der Waals surface area contributed by atoms with Gasteiger partial charge in [-0.15, -0.1) is 10.2 Å². The molecule has 0 amide bonds. The van der Waals surface area contributed by atoms with Crippen molar-refractivity contribution in [3.8, 4) is 6.01 Å². The molecule has 0 radical (unpaired) electrons. The molecule has 0 bridgehead atoms. The highest BCUT2D eigenvalue weighted by Gasteiger charge is 2.28. The molecular weight excluding hydrogens is 428 g/mol. The average molecular weight is 457 g/mol. The molecule has 1 atom stereocenters. The van der Waals surface area contributed by atoms with Crippen LogP contribution in [0.4, 0.5) is 5.82 Å². The molecule has 1 aromatic carbocycles. The van der Waals surface area contributed by atoms with Crippen molar-refractivity contribution in [1.29, 1.82) is 0 Å². The van der Waals surface area contributed by atoms with E-state index in [0.29, 0.717) is 53.5 Å². The number of nitrogens with zero attached hydrogens (tertiary/aromatic N) is 6. The van der Waals surface area contributed by atoms with Crippen LogP contribution in [-0.2, 0) is 11.3 Å². The normalized spacial score (nSPS) is 16.7. The third-order valence-corrected chi connectivity index (χ3v) is 5.69. The maximum absolute atomic E-state index is 11.6. The summed E-state index contributed by atoms with van der Waals surface area (Å²) in [6.07, 6.45) is 1.52. The van der Waals surface area contributed by atoms with Crippen LogP contribution in [0.2, 0.25) is 5.02 Å². The van der Waals surface area contributed by atoms with Crippen LogP contribution in [0.25, 0.3) is 11.2 Å². The Morgan fingerprint density at radius 2 is 2.00 bits per heavy atom. The molecular formula is C23H29ClN6O2. The van der Waals surface area contributed by atoms with Gasteiger partial charge in [0.05, 0.1) is 13.2 Å². The van der Waals surface area contributed by atoms with Crippen molar-refractivity contribution in [3.63, 3.8) is 0 Å². The quantitative estimate of drug-likeness (QED) is 0.527. The van der Waals surface area contributed by atoms with Crippen LogP contribution in [0, 0.1) is 11.3 Å². The topological polar surface area (TPSA) is 86.0 Å². The fourth-order valence-corrected chi connectivity index (χ4v) is 4.03. The number of benzene rings is 1. The van der Waals surface area contributed by atoms with E-state index in [-0.39, 0.29) is 11.2 Å². The first-order chi connectivity index (χ1) is 15.2. The minimum absolute atomic E-state index is 0.0274. The summed E-state index contributed by atoms with van der Waals surface area (Å²) < 4.78 is 5.92. The molecule has 0 aliphatic carbocycles. The number of carbonyl (C=O) groups is 1. The maximum atomic E-state index is 11.6. The van der Waals surface area contributed by atoms with Gasteiger partial charge in [-0.25, -0.2) is 0 Å². The molecule has 3 aromatic rings. The summed E-state index contributed by atoms with van der Waals surface area (Å²) in [6.45, 7) is 10.4. The molecule has 8 nitrogen and oxygen atoms in total. The van der Waals surface area contributed by atoms with Crippen molar-refractivity contribution in [2.45, 2.75) is 47.1 Å². The number of carbonyl (C=O) groups excluding carboxylic acids is 1. The highest BCUT2D eigenvalue weighted by Crippen LogP contribution is 2.30. The van der Waals surface area contributed by atoms with E-state index in [2.05, 4.69) is 40.9 Å². The van der Waals surface area contributed by atoms with Crippen LogP contribution in [0.5, 0.6) is 6.01 Å². The Kier molecular flexibility index (Phi) is 6.33. The van der Waals surface area contributed by atoms with Crippen molar-refractivity contribution in [3.05, 3.63) is 34.9 Å². The minimum atomic E-state index is -0.0274. The standard InChI is InChI=1S/C23H29ClN6O2/c1-15(31)11-16-9-10-29(12-16)21-19-20(25-22(26-21)32-14-23(2,3)4)28-30(27-19)13-17-7-5-6-8-18(17)24/h5-8,16H,9-14H2,1-4H3/t16-/m1/s1. The van der Waals surface area contributed by atoms with E-state index in [9.17, 15) is 4.79 Å². The van der Waals surface area contributed by atoms with Gasteiger partial charge in [-0.05, 0) is 36.3 Å². The zero-order chi connectivity index (χ0) is 22.9. The Labute approximate surface area is 192 Å². The van der Waals surface area contributed by atoms with Gasteiger partial charge in [0.15, 0.2) is 11.3 Å². The van der Waals surface area contributed by atoms with Gasteiger partial charge in [0.2, 0.25) is 5.65 Å². The van der Waals surface area contributed by atoms with E-state index in [0.717, 1.165) is 25.1 Å². The van der Waals surface area contributed by atoms with E-state index in [1.165, 1.54) is 0 Å². The van der Waals surface area contributed by atoms with Crippen molar-refractivity contribution in [2.24, 2.45) is 11.3 Å². The molecule has 0 saturated carbocycles. The van der Waals surface area contributed by atoms with Gasteiger partial charge < -0.3 is 14.4 Å². The Morgan fingerprint density at radius 1 is 1.22 bits per heavy atom. The number of ether oxygens (including phenoxy) is 1. The van der Waals surface area contributed by atoms with E-state index in [1.54, 1.807) is 11.7 Å². The second-order valence-electron chi connectivity index (χ2n) is 9.68. The molecule has 1 saturated heterocycles. The first-order valence-corrected chi connectivity index (χ1v) is 11.3. The summed E-state index contributed by atoms with van der Waals surface area (Å²) >= 11 is 6.32. The molecule has 0 spiro atoms. The molecule has 170 valence electrons. The van der Waals surface area contributed by atoms with Crippen molar-refractivity contribution < 1.29 is 9.53 Å². The van der Waals surface area contributed by atoms with Gasteiger partial charge >= 0.3 is 6.01 Å². The Bertz CT molecular complexity index is 1120. The Hall–Kier alpha value is -2.74. The number of halogens is 1. The fourth-order valence-electron chi connectivity index (χ4n) is 3.83. The van der Waals surface area contributed by atoms with Crippen molar-refractivity contribution >= 4 is 34.4 Å². The van der Waals surface area contributed by atoms with E-state index in [1.807, 2.05) is 24.3 Å². The molecule has 3 heterocycles. The average Bonchev–Trinajstić information content (AvgIpc) is 3.33. The molecule has 9 heteroatoms. The molecule has 2 aromatic heterocycles. The first kappa shape index (κ1) is 22.5. The number of aromatic nitrogens is 5. The molecule has 32 heavy (non-hydrogen) atoms. The molecule has 0 N–H and O–H groups in total. The highest BCUT2D eigenvalue weighted by molar-refractivity contribution is 6.31. The summed E-state index contributed by atoms with van der Waals surface area (Å²) in [7, 11) is 0. The Morgan fingerprint density at radius 3 is 2.72 bits per heavy atom. The largest absolute Gasteiger partial charge is 0.463 e. The summed E-state index contributed by atoms with van der Waals surface area (Å²) in [6, 6.07) is 7.93. The zero-order valence-electron chi connectivity index (χ0n) is 19.0. The smallest absolute Gasteiger partial charge is 0.320 e. The van der Waals surface area contributed by atoms with Crippen LogP contribution in [0.15, 0.2) is 24.3 Å². The third kappa shape index (κ3) is 5.35. The monoisotopic (exact) mass is 456 g/mol. The molecule has 4 rings (SSSR count). The number of Topliss-reactive ketones (excluding diaryl/α,β-unsaturated/α-hetero) is 1. The summed E-state index contributed by atoms with van der Waals surface area (Å²) in [4.78, 5) is 24.6. The lowest BCUT2D eigenvalue weighted by molar-refractivity contribution is -0.117. The van der Waals surface area contributed by atoms with Crippen LogP contribution < -0.4 is 9.64 Å². The lowest BCUT2D eigenvalue weighted by atomic mass is 9.99. The lowest BCUT2D eigenvalue weighted by Crippen LogP contribution is -2.23. The lowest BCUT2D eigenvalue weighted by Gasteiger charge is -2.20. The number of fused-ring (bicyclic) bond motifs is 1. The molecule has 1 aliphatic rings. The second kappa shape index (κ2) is 9.02. The number of ketones is 1. The maximum Gasteiger partial charge on any atom is 0.320 e. The van der Waals surface area contributed by atoms with Gasteiger partial charge in [-0.1, -0.05) is 50.6 Å². The van der Waals surface area contributed by atoms with Gasteiger partial charge in [0.1, 0.15) is 5.78 Å². The SMILES string of the molecule is CC(=O)C[C@H]1CCN(c2nc(OCC(C)(C)C)nc3nn(Cc4ccccc4Cl)nc23)C1. The zero-order valence-corrected chi connectivity index (χ0v) is 19.8. The number of rotatable bonds is 7. The second-order valence-corrected chi connectivity index (χ2v) is 10.1. The van der Waals surface area contributed by atoms with Gasteiger partial charge in [-0.3, -0.25) is 0 Å². The van der Waals surface area contributed by atoms with Crippen LogP contribution in [0.1, 0.15) is 46.1 Å². The van der Waals surface area contributed by atoms with Crippen molar-refractivity contribution in [2.75, 3.05) is 24.6 Å². The number of hydrogen-bond donors (Lipinski definition) is 0. The minimum Gasteiger partial charge on any atom is -0.463 e.